The second kappa shape index (κ2) is 8.84. The van der Waals surface area contributed by atoms with Crippen molar-refractivity contribution in [3.63, 3.8) is 0 Å². The van der Waals surface area contributed by atoms with E-state index in [0.717, 1.165) is 43.4 Å². The van der Waals surface area contributed by atoms with Gasteiger partial charge in [-0.15, -0.1) is 0 Å². The Labute approximate surface area is 182 Å². The van der Waals surface area contributed by atoms with Gasteiger partial charge in [-0.2, -0.15) is 4.31 Å². The van der Waals surface area contributed by atoms with Crippen LogP contribution in [0.5, 0.6) is 5.75 Å². The van der Waals surface area contributed by atoms with Crippen molar-refractivity contribution >= 4 is 21.4 Å². The van der Waals surface area contributed by atoms with Gasteiger partial charge in [0.25, 0.3) is 5.69 Å². The summed E-state index contributed by atoms with van der Waals surface area (Å²) >= 11 is 0. The molecular formula is C22H27N3O5S. The number of nitro benzene ring substituents is 1. The highest BCUT2D eigenvalue weighted by Crippen LogP contribution is 2.39. The fourth-order valence-electron chi connectivity index (χ4n) is 4.03. The van der Waals surface area contributed by atoms with E-state index in [-0.39, 0.29) is 16.6 Å². The van der Waals surface area contributed by atoms with Crippen molar-refractivity contribution in [1.29, 1.82) is 0 Å². The Morgan fingerprint density at radius 2 is 1.77 bits per heavy atom. The second-order valence-electron chi connectivity index (χ2n) is 8.08. The predicted octanol–water partition coefficient (Wildman–Crippen LogP) is 3.95. The SMILES string of the molecule is COc1ccc(CN(c2ccc(S(=O)(=O)N3CCCCC3)cc2[N+](=O)[O-])C2CC2)cc1. The van der Waals surface area contributed by atoms with Gasteiger partial charge in [-0.1, -0.05) is 18.6 Å². The van der Waals surface area contributed by atoms with Gasteiger partial charge in [-0.3, -0.25) is 10.1 Å². The molecule has 0 amide bonds. The lowest BCUT2D eigenvalue weighted by molar-refractivity contribution is -0.384. The Bertz CT molecular complexity index is 1050. The van der Waals surface area contributed by atoms with Gasteiger partial charge < -0.3 is 9.64 Å². The molecule has 9 heteroatoms. The number of ether oxygens (including phenoxy) is 1. The van der Waals surface area contributed by atoms with Crippen molar-refractivity contribution in [1.82, 2.24) is 4.31 Å². The van der Waals surface area contributed by atoms with E-state index in [0.29, 0.717) is 25.3 Å². The van der Waals surface area contributed by atoms with Crippen molar-refractivity contribution in [2.24, 2.45) is 0 Å². The largest absolute Gasteiger partial charge is 0.497 e. The molecule has 0 aromatic heterocycles. The zero-order chi connectivity index (χ0) is 22.0. The number of hydrogen-bond donors (Lipinski definition) is 0. The Balaban J connectivity index is 1.66. The van der Waals surface area contributed by atoms with Crippen LogP contribution in [0, 0.1) is 10.1 Å². The summed E-state index contributed by atoms with van der Waals surface area (Å²) in [6.45, 7) is 1.43. The van der Waals surface area contributed by atoms with Crippen LogP contribution in [0.1, 0.15) is 37.7 Å². The zero-order valence-electron chi connectivity index (χ0n) is 17.6. The van der Waals surface area contributed by atoms with Crippen molar-refractivity contribution in [3.05, 3.63) is 58.1 Å². The highest BCUT2D eigenvalue weighted by atomic mass is 32.2. The Morgan fingerprint density at radius 1 is 1.10 bits per heavy atom. The first-order valence-corrected chi connectivity index (χ1v) is 12.0. The van der Waals surface area contributed by atoms with Crippen molar-refractivity contribution < 1.29 is 18.1 Å². The van der Waals surface area contributed by atoms with Crippen LogP contribution < -0.4 is 9.64 Å². The number of piperidine rings is 1. The molecule has 2 fully saturated rings. The van der Waals surface area contributed by atoms with E-state index in [2.05, 4.69) is 0 Å². The number of methoxy groups -OCH3 is 1. The van der Waals surface area contributed by atoms with Gasteiger partial charge in [0.2, 0.25) is 10.0 Å². The van der Waals surface area contributed by atoms with Crippen LogP contribution in [0.15, 0.2) is 47.4 Å². The van der Waals surface area contributed by atoms with Gasteiger partial charge in [0.05, 0.1) is 16.9 Å². The highest BCUT2D eigenvalue weighted by molar-refractivity contribution is 7.89. The maximum Gasteiger partial charge on any atom is 0.293 e. The summed E-state index contributed by atoms with van der Waals surface area (Å²) in [6.07, 6.45) is 4.56. The molecule has 0 atom stereocenters. The van der Waals surface area contributed by atoms with Crippen LogP contribution in [0.3, 0.4) is 0 Å². The summed E-state index contributed by atoms with van der Waals surface area (Å²) in [6, 6.07) is 12.1. The number of benzene rings is 2. The number of nitrogens with zero attached hydrogens (tertiary/aromatic N) is 3. The standard InChI is InChI=1S/C22H27N3O5S/c1-30-19-9-5-17(6-10-19)16-24(18-7-8-18)21-12-11-20(15-22(21)25(26)27)31(28,29)23-13-3-2-4-14-23/h5-6,9-12,15,18H,2-4,7-8,13-14,16H2,1H3. The average Bonchev–Trinajstić information content (AvgIpc) is 3.63. The molecule has 1 saturated carbocycles. The van der Waals surface area contributed by atoms with E-state index in [1.807, 2.05) is 29.2 Å². The summed E-state index contributed by atoms with van der Waals surface area (Å²) < 4.78 is 32.7. The fourth-order valence-corrected chi connectivity index (χ4v) is 5.57. The predicted molar refractivity (Wildman–Crippen MR) is 118 cm³/mol. The molecule has 8 nitrogen and oxygen atoms in total. The number of anilines is 1. The molecule has 2 aromatic rings. The van der Waals surface area contributed by atoms with E-state index in [9.17, 15) is 18.5 Å². The summed E-state index contributed by atoms with van der Waals surface area (Å²) in [5.74, 6) is 0.750. The fraction of sp³-hybridized carbons (Fsp3) is 0.455. The normalized spacial score (nSPS) is 17.3. The third-order valence-corrected chi connectivity index (χ3v) is 7.80. The summed E-state index contributed by atoms with van der Waals surface area (Å²) in [4.78, 5) is 13.4. The summed E-state index contributed by atoms with van der Waals surface area (Å²) in [5, 5.41) is 11.9. The first-order valence-electron chi connectivity index (χ1n) is 10.6. The van der Waals surface area contributed by atoms with Crippen LogP contribution in [-0.4, -0.2) is 43.9 Å². The molecule has 2 aliphatic rings. The Morgan fingerprint density at radius 3 is 2.35 bits per heavy atom. The van der Waals surface area contributed by atoms with Crippen molar-refractivity contribution in [2.45, 2.75) is 49.6 Å². The monoisotopic (exact) mass is 445 g/mol. The van der Waals surface area contributed by atoms with E-state index in [1.165, 1.54) is 16.4 Å². The lowest BCUT2D eigenvalue weighted by Gasteiger charge is -2.27. The molecule has 1 saturated heterocycles. The molecule has 166 valence electrons. The molecule has 0 bridgehead atoms. The van der Waals surface area contributed by atoms with E-state index in [1.54, 1.807) is 13.2 Å². The minimum absolute atomic E-state index is 0.00922. The van der Waals surface area contributed by atoms with Crippen LogP contribution in [-0.2, 0) is 16.6 Å². The number of rotatable bonds is 8. The summed E-state index contributed by atoms with van der Waals surface area (Å²) in [5.41, 5.74) is 1.30. The molecule has 4 rings (SSSR count). The second-order valence-corrected chi connectivity index (χ2v) is 10.0. The van der Waals surface area contributed by atoms with Gasteiger partial charge in [-0.25, -0.2) is 8.42 Å². The lowest BCUT2D eigenvalue weighted by Crippen LogP contribution is -2.35. The van der Waals surface area contributed by atoms with Crippen LogP contribution in [0.25, 0.3) is 0 Å². The van der Waals surface area contributed by atoms with Gasteiger partial charge >= 0.3 is 0 Å². The van der Waals surface area contributed by atoms with Gasteiger partial charge in [0.15, 0.2) is 0 Å². The topological polar surface area (TPSA) is 93.0 Å². The number of sulfonamides is 1. The van der Waals surface area contributed by atoms with Crippen LogP contribution >= 0.6 is 0 Å². The smallest absolute Gasteiger partial charge is 0.293 e. The average molecular weight is 446 g/mol. The molecule has 31 heavy (non-hydrogen) atoms. The highest BCUT2D eigenvalue weighted by Gasteiger charge is 2.35. The number of nitro groups is 1. The lowest BCUT2D eigenvalue weighted by atomic mass is 10.1. The Kier molecular flexibility index (Phi) is 6.15. The molecular weight excluding hydrogens is 418 g/mol. The molecule has 0 spiro atoms. The van der Waals surface area contributed by atoms with Crippen LogP contribution in [0.2, 0.25) is 0 Å². The quantitative estimate of drug-likeness (QED) is 0.451. The molecule has 0 N–H and O–H groups in total. The van der Waals surface area contributed by atoms with Crippen molar-refractivity contribution in [3.8, 4) is 5.75 Å². The molecule has 1 heterocycles. The number of hydrogen-bond acceptors (Lipinski definition) is 6. The molecule has 2 aromatic carbocycles. The third-order valence-electron chi connectivity index (χ3n) is 5.91. The molecule has 1 aliphatic heterocycles. The molecule has 0 unspecified atom stereocenters. The molecule has 1 aliphatic carbocycles. The van der Waals surface area contributed by atoms with Gasteiger partial charge in [0.1, 0.15) is 11.4 Å². The zero-order valence-corrected chi connectivity index (χ0v) is 18.4. The minimum atomic E-state index is -3.74. The van der Waals surface area contributed by atoms with Crippen molar-refractivity contribution in [2.75, 3.05) is 25.1 Å². The minimum Gasteiger partial charge on any atom is -0.497 e. The van der Waals surface area contributed by atoms with Crippen LogP contribution in [0.4, 0.5) is 11.4 Å². The van der Waals surface area contributed by atoms with Gasteiger partial charge in [-0.05, 0) is 55.5 Å². The summed E-state index contributed by atoms with van der Waals surface area (Å²) in [7, 11) is -2.13. The maximum atomic E-state index is 13.0. The van der Waals surface area contributed by atoms with E-state index in [4.69, 9.17) is 4.74 Å². The third kappa shape index (κ3) is 4.67. The molecule has 0 radical (unpaired) electrons. The first-order chi connectivity index (χ1) is 14.9. The first kappa shape index (κ1) is 21.6. The van der Waals surface area contributed by atoms with Gasteiger partial charge in [0, 0.05) is 31.7 Å². The Hall–Kier alpha value is -2.65. The van der Waals surface area contributed by atoms with E-state index < -0.39 is 14.9 Å². The maximum absolute atomic E-state index is 13.0. The van der Waals surface area contributed by atoms with E-state index >= 15 is 0 Å².